The van der Waals surface area contributed by atoms with Crippen LogP contribution in [0.1, 0.15) is 24.5 Å². The lowest BCUT2D eigenvalue weighted by Crippen LogP contribution is -2.14. The number of nitrogens with one attached hydrogen (secondary N) is 1. The average molecular weight is 422 g/mol. The predicted molar refractivity (Wildman–Crippen MR) is 90.4 cm³/mol. The van der Waals surface area contributed by atoms with Crippen molar-refractivity contribution in [3.05, 3.63) is 58.1 Å². The Morgan fingerprint density at radius 2 is 1.71 bits per heavy atom. The van der Waals surface area contributed by atoms with E-state index >= 15 is 0 Å². The first-order valence-corrected chi connectivity index (χ1v) is 9.39. The topological polar surface area (TPSA) is 46.2 Å². The molecule has 130 valence electrons. The number of aryl methyl sites for hydroxylation is 1. The van der Waals surface area contributed by atoms with Crippen LogP contribution >= 0.6 is 15.9 Å². The molecule has 0 bridgehead atoms. The fraction of sp³-hybridized carbons (Fsp3) is 0.250. The molecule has 0 aliphatic heterocycles. The van der Waals surface area contributed by atoms with Gasteiger partial charge in [-0.3, -0.25) is 4.72 Å². The maximum Gasteiger partial charge on any atom is 0.416 e. The summed E-state index contributed by atoms with van der Waals surface area (Å²) in [6.07, 6.45) is -2.80. The molecule has 0 radical (unpaired) electrons. The van der Waals surface area contributed by atoms with Crippen molar-refractivity contribution in [3.63, 3.8) is 0 Å². The van der Waals surface area contributed by atoms with Crippen LogP contribution in [-0.2, 0) is 22.6 Å². The Labute approximate surface area is 147 Å². The Kier molecular flexibility index (Phi) is 5.59. The van der Waals surface area contributed by atoms with E-state index in [9.17, 15) is 21.6 Å². The summed E-state index contributed by atoms with van der Waals surface area (Å²) in [7, 11) is -3.96. The van der Waals surface area contributed by atoms with Crippen LogP contribution in [0.25, 0.3) is 0 Å². The van der Waals surface area contributed by atoms with Crippen molar-refractivity contribution in [2.75, 3.05) is 4.72 Å². The lowest BCUT2D eigenvalue weighted by atomic mass is 10.1. The molecule has 2 aromatic rings. The lowest BCUT2D eigenvalue weighted by molar-refractivity contribution is -0.137. The molecule has 0 atom stereocenters. The SMILES string of the molecule is CCCc1ccc(S(=O)(=O)Nc2cc(Br)cc(C(F)(F)F)c2)cc1. The van der Waals surface area contributed by atoms with Crippen LogP contribution < -0.4 is 4.72 Å². The van der Waals surface area contributed by atoms with Crippen molar-refractivity contribution in [2.45, 2.75) is 30.8 Å². The second kappa shape index (κ2) is 7.14. The molecule has 2 aromatic carbocycles. The van der Waals surface area contributed by atoms with Crippen LogP contribution in [0.4, 0.5) is 18.9 Å². The molecular weight excluding hydrogens is 407 g/mol. The molecule has 0 fully saturated rings. The summed E-state index contributed by atoms with van der Waals surface area (Å²) >= 11 is 2.96. The highest BCUT2D eigenvalue weighted by atomic mass is 79.9. The highest BCUT2D eigenvalue weighted by molar-refractivity contribution is 9.10. The number of halogens is 4. The monoisotopic (exact) mass is 421 g/mol. The molecule has 8 heteroatoms. The quantitative estimate of drug-likeness (QED) is 0.718. The molecule has 0 saturated heterocycles. The third-order valence-electron chi connectivity index (χ3n) is 3.25. The van der Waals surface area contributed by atoms with E-state index in [1.165, 1.54) is 18.2 Å². The molecule has 1 N–H and O–H groups in total. The summed E-state index contributed by atoms with van der Waals surface area (Å²) < 4.78 is 65.5. The average Bonchev–Trinajstić information content (AvgIpc) is 2.46. The second-order valence-electron chi connectivity index (χ2n) is 5.23. The molecule has 3 nitrogen and oxygen atoms in total. The van der Waals surface area contributed by atoms with Gasteiger partial charge in [-0.15, -0.1) is 0 Å². The number of hydrogen-bond donors (Lipinski definition) is 1. The first kappa shape index (κ1) is 18.8. The molecule has 2 rings (SSSR count). The van der Waals surface area contributed by atoms with Gasteiger partial charge < -0.3 is 0 Å². The van der Waals surface area contributed by atoms with E-state index in [-0.39, 0.29) is 15.1 Å². The molecule has 0 spiro atoms. The number of alkyl halides is 3. The summed E-state index contributed by atoms with van der Waals surface area (Å²) in [6.45, 7) is 2.01. The second-order valence-corrected chi connectivity index (χ2v) is 7.82. The minimum Gasteiger partial charge on any atom is -0.280 e. The standard InChI is InChI=1S/C16H15BrF3NO2S/c1-2-3-11-4-6-15(7-5-11)24(22,23)21-14-9-12(16(18,19)20)8-13(17)10-14/h4-10,21H,2-3H2,1H3. The minimum atomic E-state index is -4.56. The van der Waals surface area contributed by atoms with Gasteiger partial charge in [-0.05, 0) is 42.3 Å². The number of sulfonamides is 1. The Morgan fingerprint density at radius 1 is 1.08 bits per heavy atom. The molecule has 0 aliphatic carbocycles. The summed E-state index contributed by atoms with van der Waals surface area (Å²) in [5, 5.41) is 0. The third kappa shape index (κ3) is 4.73. The first-order chi connectivity index (χ1) is 11.1. The van der Waals surface area contributed by atoms with E-state index in [4.69, 9.17) is 0 Å². The van der Waals surface area contributed by atoms with E-state index in [0.717, 1.165) is 30.5 Å². The number of anilines is 1. The number of benzene rings is 2. The molecule has 0 aromatic heterocycles. The van der Waals surface area contributed by atoms with Crippen LogP contribution in [0.5, 0.6) is 0 Å². The van der Waals surface area contributed by atoms with Gasteiger partial charge >= 0.3 is 6.18 Å². The highest BCUT2D eigenvalue weighted by Gasteiger charge is 2.31. The van der Waals surface area contributed by atoms with Crippen LogP contribution in [0.15, 0.2) is 51.8 Å². The minimum absolute atomic E-state index is 0.00381. The predicted octanol–water partition coefficient (Wildman–Crippen LogP) is 5.22. The normalized spacial score (nSPS) is 12.2. The zero-order valence-corrected chi connectivity index (χ0v) is 15.1. The van der Waals surface area contributed by atoms with Gasteiger partial charge in [-0.1, -0.05) is 41.4 Å². The zero-order valence-electron chi connectivity index (χ0n) is 12.7. The van der Waals surface area contributed by atoms with Gasteiger partial charge in [0.1, 0.15) is 0 Å². The Bertz CT molecular complexity index is 818. The van der Waals surface area contributed by atoms with E-state index in [1.807, 2.05) is 6.92 Å². The number of hydrogen-bond acceptors (Lipinski definition) is 2. The van der Waals surface area contributed by atoms with Gasteiger partial charge in [0.05, 0.1) is 16.1 Å². The van der Waals surface area contributed by atoms with Crippen molar-refractivity contribution >= 4 is 31.6 Å². The van der Waals surface area contributed by atoms with Crippen molar-refractivity contribution in [2.24, 2.45) is 0 Å². The van der Waals surface area contributed by atoms with Crippen molar-refractivity contribution in [3.8, 4) is 0 Å². The summed E-state index contributed by atoms with van der Waals surface area (Å²) in [4.78, 5) is -0.00381. The van der Waals surface area contributed by atoms with Gasteiger partial charge in [0.2, 0.25) is 0 Å². The molecule has 0 heterocycles. The molecule has 0 amide bonds. The Morgan fingerprint density at radius 3 is 2.25 bits per heavy atom. The van der Waals surface area contributed by atoms with Gasteiger partial charge in [0, 0.05) is 4.47 Å². The lowest BCUT2D eigenvalue weighted by Gasteiger charge is -2.12. The Hall–Kier alpha value is -1.54. The fourth-order valence-corrected chi connectivity index (χ4v) is 3.68. The van der Waals surface area contributed by atoms with Gasteiger partial charge in [0.25, 0.3) is 10.0 Å². The zero-order chi connectivity index (χ0) is 18.0. The van der Waals surface area contributed by atoms with Crippen LogP contribution in [0.3, 0.4) is 0 Å². The van der Waals surface area contributed by atoms with E-state index in [0.29, 0.717) is 0 Å². The van der Waals surface area contributed by atoms with Crippen LogP contribution in [0.2, 0.25) is 0 Å². The maximum atomic E-state index is 12.8. The van der Waals surface area contributed by atoms with E-state index < -0.39 is 21.8 Å². The van der Waals surface area contributed by atoms with E-state index in [2.05, 4.69) is 20.7 Å². The van der Waals surface area contributed by atoms with Crippen LogP contribution in [-0.4, -0.2) is 8.42 Å². The first-order valence-electron chi connectivity index (χ1n) is 7.11. The van der Waals surface area contributed by atoms with Crippen molar-refractivity contribution < 1.29 is 21.6 Å². The highest BCUT2D eigenvalue weighted by Crippen LogP contribution is 2.34. The number of rotatable bonds is 5. The Balaban J connectivity index is 2.30. The van der Waals surface area contributed by atoms with Crippen LogP contribution in [0, 0.1) is 0 Å². The molecule has 0 unspecified atom stereocenters. The van der Waals surface area contributed by atoms with Gasteiger partial charge in [-0.25, -0.2) is 8.42 Å². The smallest absolute Gasteiger partial charge is 0.280 e. The van der Waals surface area contributed by atoms with Crippen molar-refractivity contribution in [1.29, 1.82) is 0 Å². The molecular formula is C16H15BrF3NO2S. The summed E-state index contributed by atoms with van der Waals surface area (Å²) in [6, 6.07) is 9.19. The third-order valence-corrected chi connectivity index (χ3v) is 5.10. The largest absolute Gasteiger partial charge is 0.416 e. The summed E-state index contributed by atoms with van der Waals surface area (Å²) in [5.41, 5.74) is -0.0968. The molecule has 0 aliphatic rings. The summed E-state index contributed by atoms with van der Waals surface area (Å²) in [5.74, 6) is 0. The van der Waals surface area contributed by atoms with E-state index in [1.54, 1.807) is 12.1 Å². The maximum absolute atomic E-state index is 12.8. The fourth-order valence-electron chi connectivity index (χ4n) is 2.15. The molecule has 0 saturated carbocycles. The van der Waals surface area contributed by atoms with Gasteiger partial charge in [0.15, 0.2) is 0 Å². The molecule has 24 heavy (non-hydrogen) atoms. The van der Waals surface area contributed by atoms with Gasteiger partial charge in [-0.2, -0.15) is 13.2 Å². The van der Waals surface area contributed by atoms with Crippen molar-refractivity contribution in [1.82, 2.24) is 0 Å².